The van der Waals surface area contributed by atoms with Gasteiger partial charge in [-0.3, -0.25) is 9.88 Å². The Morgan fingerprint density at radius 3 is 2.53 bits per heavy atom. The van der Waals surface area contributed by atoms with Gasteiger partial charge in [-0.05, 0) is 64.1 Å². The molecule has 0 atom stereocenters. The molecule has 4 rings (SSSR count). The topological polar surface area (TPSA) is 67.4 Å². The summed E-state index contributed by atoms with van der Waals surface area (Å²) in [6.45, 7) is 7.90. The monoisotopic (exact) mass is 406 g/mol. The van der Waals surface area contributed by atoms with E-state index in [2.05, 4.69) is 15.3 Å². The third-order valence-corrected chi connectivity index (χ3v) is 4.72. The van der Waals surface area contributed by atoms with Crippen molar-refractivity contribution in [2.24, 2.45) is 0 Å². The number of nitrogens with zero attached hydrogens (tertiary/aromatic N) is 3. The number of benzene rings is 1. The third kappa shape index (κ3) is 4.10. The van der Waals surface area contributed by atoms with E-state index in [1.807, 2.05) is 39.8 Å². The number of rotatable bonds is 2. The number of carbonyl (C=O) groups is 1. The van der Waals surface area contributed by atoms with Gasteiger partial charge in [0.05, 0.1) is 12.2 Å². The van der Waals surface area contributed by atoms with Crippen LogP contribution in [0.3, 0.4) is 0 Å². The maximum atomic E-state index is 13.7. The zero-order valence-corrected chi connectivity index (χ0v) is 17.4. The third-order valence-electron chi connectivity index (χ3n) is 4.72. The van der Waals surface area contributed by atoms with Crippen molar-refractivity contribution in [2.75, 3.05) is 16.8 Å². The molecule has 0 saturated carbocycles. The number of aryl methyl sites for hydroxylation is 2. The van der Waals surface area contributed by atoms with E-state index in [0.717, 1.165) is 11.4 Å². The van der Waals surface area contributed by atoms with Crippen molar-refractivity contribution in [3.8, 4) is 17.0 Å². The molecule has 6 nitrogen and oxygen atoms in total. The quantitative estimate of drug-likeness (QED) is 0.642. The summed E-state index contributed by atoms with van der Waals surface area (Å²) in [5.41, 5.74) is 2.90. The highest BCUT2D eigenvalue weighted by Gasteiger charge is 2.36. The molecule has 0 radical (unpaired) electrons. The van der Waals surface area contributed by atoms with E-state index in [4.69, 9.17) is 4.74 Å². The normalized spacial score (nSPS) is 14.6. The summed E-state index contributed by atoms with van der Waals surface area (Å²) in [6.07, 6.45) is 0. The standard InChI is InChI=1S/C23H23FN4O2/c1-14-10-18(11-15(2)25-14)26-22(29)28-13-23(3,4)30-20-9-8-19(27-21(20)28)16-6-5-7-17(24)12-16/h5-12H,13H2,1-4H3,(H,25,26,29). The van der Waals surface area contributed by atoms with Gasteiger partial charge in [0.2, 0.25) is 0 Å². The van der Waals surface area contributed by atoms with Crippen LogP contribution in [0.4, 0.5) is 20.7 Å². The van der Waals surface area contributed by atoms with Crippen molar-refractivity contribution in [3.05, 3.63) is 65.7 Å². The van der Waals surface area contributed by atoms with E-state index >= 15 is 0 Å². The van der Waals surface area contributed by atoms with Crippen LogP contribution in [0.25, 0.3) is 11.3 Å². The molecule has 1 aliphatic heterocycles. The van der Waals surface area contributed by atoms with Gasteiger partial charge in [0.15, 0.2) is 11.6 Å². The van der Waals surface area contributed by atoms with Gasteiger partial charge in [-0.15, -0.1) is 0 Å². The predicted molar refractivity (Wildman–Crippen MR) is 114 cm³/mol. The first-order valence-electron chi connectivity index (χ1n) is 9.70. The smallest absolute Gasteiger partial charge is 0.327 e. The van der Waals surface area contributed by atoms with Gasteiger partial charge in [-0.1, -0.05) is 12.1 Å². The zero-order chi connectivity index (χ0) is 21.5. The van der Waals surface area contributed by atoms with Crippen LogP contribution in [0.15, 0.2) is 48.5 Å². The van der Waals surface area contributed by atoms with Gasteiger partial charge in [0.1, 0.15) is 11.4 Å². The second-order valence-corrected chi connectivity index (χ2v) is 8.05. The lowest BCUT2D eigenvalue weighted by Crippen LogP contribution is -2.51. The first kappa shape index (κ1) is 19.8. The van der Waals surface area contributed by atoms with E-state index in [-0.39, 0.29) is 11.8 Å². The van der Waals surface area contributed by atoms with Gasteiger partial charge in [0, 0.05) is 22.6 Å². The fourth-order valence-corrected chi connectivity index (χ4v) is 3.57. The van der Waals surface area contributed by atoms with E-state index in [1.54, 1.807) is 29.2 Å². The lowest BCUT2D eigenvalue weighted by atomic mass is 10.1. The largest absolute Gasteiger partial charge is 0.482 e. The molecule has 3 heterocycles. The summed E-state index contributed by atoms with van der Waals surface area (Å²) in [5, 5.41) is 2.93. The molecule has 0 unspecified atom stereocenters. The first-order valence-corrected chi connectivity index (χ1v) is 9.70. The number of amides is 2. The van der Waals surface area contributed by atoms with Crippen molar-refractivity contribution in [3.63, 3.8) is 0 Å². The molecule has 1 N–H and O–H groups in total. The van der Waals surface area contributed by atoms with Crippen LogP contribution in [0, 0.1) is 19.7 Å². The van der Waals surface area contributed by atoms with Crippen LogP contribution in [0.1, 0.15) is 25.2 Å². The summed E-state index contributed by atoms with van der Waals surface area (Å²) in [5.74, 6) is 0.558. The van der Waals surface area contributed by atoms with Crippen LogP contribution in [0.5, 0.6) is 5.75 Å². The number of anilines is 2. The minimum atomic E-state index is -0.587. The van der Waals surface area contributed by atoms with Crippen molar-refractivity contribution < 1.29 is 13.9 Å². The van der Waals surface area contributed by atoms with Crippen molar-refractivity contribution in [1.82, 2.24) is 9.97 Å². The Morgan fingerprint density at radius 2 is 1.83 bits per heavy atom. The number of hydrogen-bond acceptors (Lipinski definition) is 4. The SMILES string of the molecule is Cc1cc(NC(=O)N2CC(C)(C)Oc3ccc(-c4cccc(F)c4)nc32)cc(C)n1. The molecule has 154 valence electrons. The Morgan fingerprint density at radius 1 is 1.10 bits per heavy atom. The summed E-state index contributed by atoms with van der Waals surface area (Å²) < 4.78 is 19.7. The van der Waals surface area contributed by atoms with Crippen LogP contribution in [-0.2, 0) is 0 Å². The van der Waals surface area contributed by atoms with Crippen LogP contribution >= 0.6 is 0 Å². The lowest BCUT2D eigenvalue weighted by molar-refractivity contribution is 0.106. The molecular weight excluding hydrogens is 383 g/mol. The molecule has 0 aliphatic carbocycles. The van der Waals surface area contributed by atoms with E-state index < -0.39 is 5.60 Å². The maximum absolute atomic E-state index is 13.7. The lowest BCUT2D eigenvalue weighted by Gasteiger charge is -2.38. The predicted octanol–water partition coefficient (Wildman–Crippen LogP) is 5.11. The number of carbonyl (C=O) groups excluding carboxylic acids is 1. The highest BCUT2D eigenvalue weighted by atomic mass is 19.1. The average molecular weight is 406 g/mol. The number of aromatic nitrogens is 2. The van der Waals surface area contributed by atoms with Gasteiger partial charge >= 0.3 is 6.03 Å². The second-order valence-electron chi connectivity index (χ2n) is 8.05. The molecule has 0 saturated heterocycles. The molecule has 2 amide bonds. The second kappa shape index (κ2) is 7.40. The number of fused-ring (bicyclic) bond motifs is 1. The van der Waals surface area contributed by atoms with Gasteiger partial charge in [0.25, 0.3) is 0 Å². The summed E-state index contributed by atoms with van der Waals surface area (Å²) in [7, 11) is 0. The maximum Gasteiger partial charge on any atom is 0.327 e. The molecule has 1 aliphatic rings. The first-order chi connectivity index (χ1) is 14.2. The number of ether oxygens (including phenoxy) is 1. The van der Waals surface area contributed by atoms with E-state index in [9.17, 15) is 9.18 Å². The molecule has 30 heavy (non-hydrogen) atoms. The van der Waals surface area contributed by atoms with Gasteiger partial charge in [-0.25, -0.2) is 14.2 Å². The van der Waals surface area contributed by atoms with Crippen molar-refractivity contribution in [2.45, 2.75) is 33.3 Å². The zero-order valence-electron chi connectivity index (χ0n) is 17.4. The van der Waals surface area contributed by atoms with Crippen molar-refractivity contribution in [1.29, 1.82) is 0 Å². The summed E-state index contributed by atoms with van der Waals surface area (Å²) >= 11 is 0. The van der Waals surface area contributed by atoms with Gasteiger partial charge < -0.3 is 10.1 Å². The Balaban J connectivity index is 1.71. The van der Waals surface area contributed by atoms with Crippen LogP contribution in [-0.4, -0.2) is 28.1 Å². The Bertz CT molecular complexity index is 1110. The van der Waals surface area contributed by atoms with E-state index in [0.29, 0.717) is 35.1 Å². The Labute approximate surface area is 174 Å². The fourth-order valence-electron chi connectivity index (χ4n) is 3.57. The Kier molecular flexibility index (Phi) is 4.89. The van der Waals surface area contributed by atoms with Gasteiger partial charge in [-0.2, -0.15) is 0 Å². The number of nitrogens with one attached hydrogen (secondary N) is 1. The van der Waals surface area contributed by atoms with Crippen LogP contribution in [0.2, 0.25) is 0 Å². The summed E-state index contributed by atoms with van der Waals surface area (Å²) in [6, 6.07) is 13.0. The van der Waals surface area contributed by atoms with Crippen LogP contribution < -0.4 is 15.0 Å². The molecule has 3 aromatic rings. The number of pyridine rings is 2. The van der Waals surface area contributed by atoms with E-state index in [1.165, 1.54) is 12.1 Å². The highest BCUT2D eigenvalue weighted by molar-refractivity contribution is 6.02. The minimum Gasteiger partial charge on any atom is -0.482 e. The number of halogens is 1. The molecule has 1 aromatic carbocycles. The molecule has 2 aromatic heterocycles. The fraction of sp³-hybridized carbons (Fsp3) is 0.261. The molecule has 0 bridgehead atoms. The summed E-state index contributed by atoms with van der Waals surface area (Å²) in [4.78, 5) is 23.7. The number of hydrogen-bond donors (Lipinski definition) is 1. The minimum absolute atomic E-state index is 0.314. The number of urea groups is 1. The molecular formula is C23H23FN4O2. The Hall–Kier alpha value is -3.48. The molecule has 0 spiro atoms. The van der Waals surface area contributed by atoms with Crippen molar-refractivity contribution >= 4 is 17.5 Å². The molecule has 0 fully saturated rings. The average Bonchev–Trinajstić information content (AvgIpc) is 2.65. The highest BCUT2D eigenvalue weighted by Crippen LogP contribution is 2.37. The molecule has 7 heteroatoms.